The zero-order valence-corrected chi connectivity index (χ0v) is 20.6. The highest BCUT2D eigenvalue weighted by Gasteiger charge is 2.52. The first kappa shape index (κ1) is 23.6. The fourth-order valence-corrected chi connectivity index (χ4v) is 4.83. The average Bonchev–Trinajstić information content (AvgIpc) is 3.68. The zero-order valence-electron chi connectivity index (χ0n) is 20.6. The number of benzene rings is 3. The lowest BCUT2D eigenvalue weighted by molar-refractivity contribution is -0.140. The molecule has 1 aliphatic carbocycles. The Labute approximate surface area is 218 Å². The quantitative estimate of drug-likeness (QED) is 0.240. The maximum atomic E-state index is 13.8. The first-order valence-electron chi connectivity index (χ1n) is 12.3. The minimum absolute atomic E-state index is 0.318. The third kappa shape index (κ3) is 4.22. The Morgan fingerprint density at radius 3 is 2.45 bits per heavy atom. The molecule has 1 aliphatic rings. The fourth-order valence-electron chi connectivity index (χ4n) is 4.83. The Morgan fingerprint density at radius 2 is 1.71 bits per heavy atom. The van der Waals surface area contributed by atoms with Crippen LogP contribution in [0.3, 0.4) is 0 Å². The number of anilines is 2. The predicted molar refractivity (Wildman–Crippen MR) is 144 cm³/mol. The molecule has 2 aromatic heterocycles. The van der Waals surface area contributed by atoms with Crippen LogP contribution in [0.4, 0.5) is 15.8 Å². The van der Waals surface area contributed by atoms with Crippen molar-refractivity contribution >= 4 is 17.3 Å². The van der Waals surface area contributed by atoms with Crippen LogP contribution in [-0.2, 0) is 10.2 Å². The second-order valence-electron chi connectivity index (χ2n) is 9.58. The average molecular weight is 506 g/mol. The Bertz CT molecular complexity index is 1660. The molecule has 1 saturated carbocycles. The number of aliphatic carboxylic acids is 1. The van der Waals surface area contributed by atoms with Gasteiger partial charge in [-0.05, 0) is 66.3 Å². The molecule has 6 rings (SSSR count). The largest absolute Gasteiger partial charge is 0.481 e. The number of hydrogen-bond donors (Lipinski definition) is 2. The van der Waals surface area contributed by atoms with Crippen LogP contribution >= 0.6 is 0 Å². The van der Waals surface area contributed by atoms with Crippen LogP contribution in [0.1, 0.15) is 24.1 Å². The zero-order chi connectivity index (χ0) is 26.3. The first-order valence-corrected chi connectivity index (χ1v) is 12.3. The van der Waals surface area contributed by atoms with E-state index >= 15 is 0 Å². The Kier molecular flexibility index (Phi) is 5.76. The van der Waals surface area contributed by atoms with Crippen LogP contribution in [0.25, 0.3) is 33.6 Å². The highest BCUT2D eigenvalue weighted by atomic mass is 19.1. The van der Waals surface area contributed by atoms with Gasteiger partial charge in [-0.2, -0.15) is 0 Å². The van der Waals surface area contributed by atoms with E-state index in [2.05, 4.69) is 15.5 Å². The van der Waals surface area contributed by atoms with Crippen molar-refractivity contribution in [2.75, 3.05) is 5.32 Å². The van der Waals surface area contributed by atoms with Gasteiger partial charge in [-0.1, -0.05) is 59.8 Å². The number of nitrogens with one attached hydrogen (secondary N) is 1. The summed E-state index contributed by atoms with van der Waals surface area (Å²) in [7, 11) is 0. The fraction of sp³-hybridized carbons (Fsp3) is 0.129. The molecule has 0 atom stereocenters. The maximum absolute atomic E-state index is 13.8. The minimum Gasteiger partial charge on any atom is -0.481 e. The van der Waals surface area contributed by atoms with Crippen molar-refractivity contribution in [2.45, 2.75) is 25.2 Å². The van der Waals surface area contributed by atoms with Gasteiger partial charge in [0.1, 0.15) is 17.2 Å². The van der Waals surface area contributed by atoms with Crippen LogP contribution < -0.4 is 5.32 Å². The molecule has 1 fully saturated rings. The highest BCUT2D eigenvalue weighted by molar-refractivity contribution is 5.91. The van der Waals surface area contributed by atoms with Gasteiger partial charge in [0.15, 0.2) is 5.76 Å². The van der Waals surface area contributed by atoms with Crippen molar-refractivity contribution < 1.29 is 18.8 Å². The molecule has 7 heteroatoms. The summed E-state index contributed by atoms with van der Waals surface area (Å²) in [5.41, 5.74) is 5.95. The number of halogens is 1. The van der Waals surface area contributed by atoms with Crippen molar-refractivity contribution in [1.29, 1.82) is 0 Å². The number of carbonyl (C=O) groups is 1. The number of aromatic nitrogens is 2. The van der Waals surface area contributed by atoms with Crippen LogP contribution in [0.15, 0.2) is 95.8 Å². The molecule has 0 bridgehead atoms. The number of aryl methyl sites for hydroxylation is 1. The van der Waals surface area contributed by atoms with E-state index in [9.17, 15) is 14.3 Å². The molecular formula is C31H24FN3O3. The summed E-state index contributed by atoms with van der Waals surface area (Å²) in [4.78, 5) is 16.4. The summed E-state index contributed by atoms with van der Waals surface area (Å²) in [5.74, 6) is -0.634. The summed E-state index contributed by atoms with van der Waals surface area (Å²) in [6.07, 6.45) is 4.56. The van der Waals surface area contributed by atoms with Gasteiger partial charge in [0, 0.05) is 17.3 Å². The molecule has 6 nitrogen and oxygen atoms in total. The van der Waals surface area contributed by atoms with Crippen molar-refractivity contribution in [1.82, 2.24) is 10.1 Å². The number of carboxylic acids is 1. The lowest BCUT2D eigenvalue weighted by Crippen LogP contribution is -2.19. The summed E-state index contributed by atoms with van der Waals surface area (Å²) in [6, 6.07) is 23.9. The van der Waals surface area contributed by atoms with E-state index in [0.717, 1.165) is 27.8 Å². The maximum Gasteiger partial charge on any atom is 0.314 e. The van der Waals surface area contributed by atoms with E-state index < -0.39 is 11.4 Å². The molecule has 0 aliphatic heterocycles. The number of rotatable bonds is 7. The smallest absolute Gasteiger partial charge is 0.314 e. The van der Waals surface area contributed by atoms with Gasteiger partial charge in [0.2, 0.25) is 0 Å². The minimum atomic E-state index is -0.865. The summed E-state index contributed by atoms with van der Waals surface area (Å²) >= 11 is 0. The third-order valence-corrected chi connectivity index (χ3v) is 7.09. The standard InChI is InChI=1S/C31H24FN3O3/c1-19-28(34-25-15-22(17-33-18-25)21-8-5-9-24(32)14-21)29(38-35-19)27-16-23(31(12-13-31)30(36)37)10-11-26(27)20-6-3-2-4-7-20/h2-11,14-18,34H,12-13H2,1H3,(H,36,37). The van der Waals surface area contributed by atoms with E-state index in [0.29, 0.717) is 41.2 Å². The molecule has 38 heavy (non-hydrogen) atoms. The third-order valence-electron chi connectivity index (χ3n) is 7.09. The molecule has 188 valence electrons. The van der Waals surface area contributed by atoms with Crippen LogP contribution in [-0.4, -0.2) is 21.2 Å². The Hall–Kier alpha value is -4.78. The van der Waals surface area contributed by atoms with E-state index in [1.165, 1.54) is 12.1 Å². The number of carboxylic acid groups (broad SMARTS) is 1. The summed E-state index contributed by atoms with van der Waals surface area (Å²) in [6.45, 7) is 1.84. The lowest BCUT2D eigenvalue weighted by Gasteiger charge is -2.16. The van der Waals surface area contributed by atoms with Gasteiger partial charge >= 0.3 is 5.97 Å². The van der Waals surface area contributed by atoms with E-state index in [-0.39, 0.29) is 5.82 Å². The van der Waals surface area contributed by atoms with Crippen molar-refractivity contribution in [3.8, 4) is 33.6 Å². The number of hydrogen-bond acceptors (Lipinski definition) is 5. The number of pyridine rings is 1. The van der Waals surface area contributed by atoms with Crippen LogP contribution in [0.2, 0.25) is 0 Å². The predicted octanol–water partition coefficient (Wildman–Crippen LogP) is 7.38. The molecule has 0 unspecified atom stereocenters. The highest BCUT2D eigenvalue weighted by Crippen LogP contribution is 2.50. The second-order valence-corrected chi connectivity index (χ2v) is 9.58. The molecule has 5 aromatic rings. The molecule has 3 aromatic carbocycles. The molecule has 2 N–H and O–H groups in total. The van der Waals surface area contributed by atoms with Crippen molar-refractivity contribution in [3.05, 3.63) is 108 Å². The Morgan fingerprint density at radius 1 is 0.921 bits per heavy atom. The van der Waals surface area contributed by atoms with Crippen LogP contribution in [0, 0.1) is 12.7 Å². The molecule has 2 heterocycles. The molecular weight excluding hydrogens is 481 g/mol. The normalized spacial score (nSPS) is 13.7. The molecule has 0 saturated heterocycles. The van der Waals surface area contributed by atoms with Gasteiger partial charge in [-0.25, -0.2) is 4.39 Å². The molecule has 0 spiro atoms. The van der Waals surface area contributed by atoms with Crippen molar-refractivity contribution in [2.24, 2.45) is 0 Å². The molecule has 0 amide bonds. The van der Waals surface area contributed by atoms with E-state index in [4.69, 9.17) is 4.52 Å². The van der Waals surface area contributed by atoms with Gasteiger partial charge in [-0.3, -0.25) is 9.78 Å². The molecule has 0 radical (unpaired) electrons. The number of nitrogens with zero attached hydrogens (tertiary/aromatic N) is 2. The van der Waals surface area contributed by atoms with Crippen molar-refractivity contribution in [3.63, 3.8) is 0 Å². The van der Waals surface area contributed by atoms with Gasteiger partial charge in [0.05, 0.1) is 17.3 Å². The van der Waals surface area contributed by atoms with E-state index in [1.807, 2.05) is 67.6 Å². The monoisotopic (exact) mass is 505 g/mol. The second kappa shape index (κ2) is 9.27. The topological polar surface area (TPSA) is 88.2 Å². The van der Waals surface area contributed by atoms with Gasteiger partial charge in [-0.15, -0.1) is 0 Å². The Balaban J connectivity index is 1.45. The van der Waals surface area contributed by atoms with E-state index in [1.54, 1.807) is 18.5 Å². The lowest BCUT2D eigenvalue weighted by atomic mass is 9.89. The van der Waals surface area contributed by atoms with Crippen LogP contribution in [0.5, 0.6) is 0 Å². The van der Waals surface area contributed by atoms with Gasteiger partial charge in [0.25, 0.3) is 0 Å². The summed E-state index contributed by atoms with van der Waals surface area (Å²) in [5, 5.41) is 17.5. The first-order chi connectivity index (χ1) is 18.4. The SMILES string of the molecule is Cc1noc(-c2cc(C3(C(=O)O)CC3)ccc2-c2ccccc2)c1Nc1cncc(-c2cccc(F)c2)c1. The van der Waals surface area contributed by atoms with Gasteiger partial charge < -0.3 is 14.9 Å². The summed E-state index contributed by atoms with van der Waals surface area (Å²) < 4.78 is 19.7.